The lowest BCUT2D eigenvalue weighted by Crippen LogP contribution is -2.15. The summed E-state index contributed by atoms with van der Waals surface area (Å²) in [6.45, 7) is 3.78. The summed E-state index contributed by atoms with van der Waals surface area (Å²) >= 11 is 5.98. The Kier molecular flexibility index (Phi) is 5.52. The van der Waals surface area contributed by atoms with E-state index in [4.69, 9.17) is 16.1 Å². The van der Waals surface area contributed by atoms with Crippen molar-refractivity contribution >= 4 is 28.8 Å². The number of amides is 1. The van der Waals surface area contributed by atoms with E-state index in [9.17, 15) is 9.90 Å². The Morgan fingerprint density at radius 1 is 1.33 bits per heavy atom. The van der Waals surface area contributed by atoms with Crippen molar-refractivity contribution in [3.05, 3.63) is 64.9 Å². The first kappa shape index (κ1) is 20.1. The largest absolute Gasteiger partial charge is 0.393 e. The van der Waals surface area contributed by atoms with Gasteiger partial charge in [0.05, 0.1) is 18.7 Å². The highest BCUT2D eigenvalue weighted by Crippen LogP contribution is 2.25. The summed E-state index contributed by atoms with van der Waals surface area (Å²) in [7, 11) is 0. The van der Waals surface area contributed by atoms with Gasteiger partial charge in [-0.3, -0.25) is 9.20 Å². The predicted octanol–water partition coefficient (Wildman–Crippen LogP) is 3.91. The number of aliphatic hydroxyl groups excluding tert-OH is 1. The number of anilines is 1. The number of imidazole rings is 1. The van der Waals surface area contributed by atoms with Crippen LogP contribution in [0.5, 0.6) is 0 Å². The van der Waals surface area contributed by atoms with Crippen molar-refractivity contribution in [2.45, 2.75) is 32.8 Å². The number of carbonyl (C=O) groups excluding carboxylic acids is 1. The SMILES string of the molecule is CCC(O)Cc1nc(-c2ccc(C)c(NC(=O)c3cnc4cc(Cl)ccn34)c2)no1. The highest BCUT2D eigenvalue weighted by molar-refractivity contribution is 6.30. The van der Waals surface area contributed by atoms with E-state index >= 15 is 0 Å². The normalized spacial score (nSPS) is 12.3. The third-order valence-corrected chi connectivity index (χ3v) is 5.04. The average Bonchev–Trinajstić information content (AvgIpc) is 3.36. The lowest BCUT2D eigenvalue weighted by molar-refractivity contribution is 0.102. The van der Waals surface area contributed by atoms with E-state index < -0.39 is 6.10 Å². The molecule has 9 heteroatoms. The van der Waals surface area contributed by atoms with Gasteiger partial charge in [0.15, 0.2) is 0 Å². The van der Waals surface area contributed by atoms with Crippen LogP contribution in [0.1, 0.15) is 35.3 Å². The first-order valence-corrected chi connectivity index (χ1v) is 9.88. The number of hydrogen-bond acceptors (Lipinski definition) is 6. The number of fused-ring (bicyclic) bond motifs is 1. The smallest absolute Gasteiger partial charge is 0.274 e. The number of nitrogens with zero attached hydrogens (tertiary/aromatic N) is 4. The van der Waals surface area contributed by atoms with Gasteiger partial charge in [0, 0.05) is 28.5 Å². The summed E-state index contributed by atoms with van der Waals surface area (Å²) in [6.07, 6.45) is 3.59. The monoisotopic (exact) mass is 425 g/mol. The Balaban J connectivity index is 1.58. The molecule has 2 N–H and O–H groups in total. The average molecular weight is 426 g/mol. The number of carbonyl (C=O) groups is 1. The molecule has 30 heavy (non-hydrogen) atoms. The highest BCUT2D eigenvalue weighted by atomic mass is 35.5. The number of benzene rings is 1. The Morgan fingerprint density at radius 2 is 2.17 bits per heavy atom. The van der Waals surface area contributed by atoms with Crippen LogP contribution in [0.2, 0.25) is 5.02 Å². The van der Waals surface area contributed by atoms with Crippen LogP contribution in [0.25, 0.3) is 17.0 Å². The van der Waals surface area contributed by atoms with Gasteiger partial charge >= 0.3 is 0 Å². The maximum Gasteiger partial charge on any atom is 0.274 e. The molecule has 0 saturated carbocycles. The predicted molar refractivity (Wildman–Crippen MR) is 113 cm³/mol. The lowest BCUT2D eigenvalue weighted by Gasteiger charge is -2.09. The summed E-state index contributed by atoms with van der Waals surface area (Å²) in [5.74, 6) is 0.466. The minimum absolute atomic E-state index is 0.301. The molecule has 8 nitrogen and oxygen atoms in total. The Hall–Kier alpha value is -3.23. The quantitative estimate of drug-likeness (QED) is 0.485. The second kappa shape index (κ2) is 8.25. The maximum absolute atomic E-state index is 12.9. The lowest BCUT2D eigenvalue weighted by atomic mass is 10.1. The van der Waals surface area contributed by atoms with Crippen molar-refractivity contribution in [2.24, 2.45) is 0 Å². The van der Waals surface area contributed by atoms with Crippen LogP contribution in [-0.2, 0) is 6.42 Å². The van der Waals surface area contributed by atoms with Gasteiger partial charge in [0.1, 0.15) is 11.3 Å². The zero-order valence-electron chi connectivity index (χ0n) is 16.5. The zero-order valence-corrected chi connectivity index (χ0v) is 17.2. The number of aromatic nitrogens is 4. The van der Waals surface area contributed by atoms with E-state index in [2.05, 4.69) is 20.4 Å². The van der Waals surface area contributed by atoms with Gasteiger partial charge < -0.3 is 14.9 Å². The highest BCUT2D eigenvalue weighted by Gasteiger charge is 2.16. The van der Waals surface area contributed by atoms with Gasteiger partial charge in [-0.1, -0.05) is 35.8 Å². The van der Waals surface area contributed by atoms with Crippen molar-refractivity contribution in [3.63, 3.8) is 0 Å². The summed E-state index contributed by atoms with van der Waals surface area (Å²) in [6, 6.07) is 8.90. The third kappa shape index (κ3) is 4.05. The number of aliphatic hydroxyl groups is 1. The Bertz CT molecular complexity index is 1220. The molecule has 4 rings (SSSR count). The van der Waals surface area contributed by atoms with E-state index in [1.165, 1.54) is 6.20 Å². The summed E-state index contributed by atoms with van der Waals surface area (Å²) < 4.78 is 6.90. The number of pyridine rings is 1. The molecule has 0 spiro atoms. The van der Waals surface area contributed by atoms with Crippen LogP contribution in [0.3, 0.4) is 0 Å². The zero-order chi connectivity index (χ0) is 21.3. The van der Waals surface area contributed by atoms with Crippen molar-refractivity contribution < 1.29 is 14.4 Å². The molecule has 3 aromatic heterocycles. The molecule has 0 aliphatic heterocycles. The fourth-order valence-corrected chi connectivity index (χ4v) is 3.16. The van der Waals surface area contributed by atoms with E-state index in [-0.39, 0.29) is 5.91 Å². The molecule has 0 radical (unpaired) electrons. The van der Waals surface area contributed by atoms with Crippen LogP contribution in [0, 0.1) is 6.92 Å². The molecule has 3 heterocycles. The van der Waals surface area contributed by atoms with E-state index in [0.29, 0.717) is 52.2 Å². The molecule has 0 aliphatic rings. The summed E-state index contributed by atoms with van der Waals surface area (Å²) in [4.78, 5) is 21.4. The van der Waals surface area contributed by atoms with E-state index in [1.807, 2.05) is 26.0 Å². The van der Waals surface area contributed by atoms with Crippen molar-refractivity contribution in [3.8, 4) is 11.4 Å². The fourth-order valence-electron chi connectivity index (χ4n) is 3.01. The minimum Gasteiger partial charge on any atom is -0.393 e. The third-order valence-electron chi connectivity index (χ3n) is 4.80. The van der Waals surface area contributed by atoms with Crippen molar-refractivity contribution in [1.82, 2.24) is 19.5 Å². The molecular formula is C21H20ClN5O3. The second-order valence-corrected chi connectivity index (χ2v) is 7.41. The number of hydrogen-bond donors (Lipinski definition) is 2. The Morgan fingerprint density at radius 3 is 2.97 bits per heavy atom. The number of halogens is 1. The van der Waals surface area contributed by atoms with E-state index in [1.54, 1.807) is 28.8 Å². The molecular weight excluding hydrogens is 406 g/mol. The summed E-state index contributed by atoms with van der Waals surface area (Å²) in [5.41, 5.74) is 3.19. The van der Waals surface area contributed by atoms with Crippen LogP contribution in [0.4, 0.5) is 5.69 Å². The molecule has 1 amide bonds. The first-order valence-electron chi connectivity index (χ1n) is 9.50. The molecule has 0 aliphatic carbocycles. The molecule has 0 bridgehead atoms. The van der Waals surface area contributed by atoms with Gasteiger partial charge in [-0.05, 0) is 31.0 Å². The summed E-state index contributed by atoms with van der Waals surface area (Å²) in [5, 5.41) is 17.2. The van der Waals surface area contributed by atoms with Crippen LogP contribution >= 0.6 is 11.6 Å². The first-order chi connectivity index (χ1) is 14.4. The molecule has 1 atom stereocenters. The molecule has 0 fully saturated rings. The van der Waals surface area contributed by atoms with Crippen LogP contribution < -0.4 is 5.32 Å². The minimum atomic E-state index is -0.522. The molecule has 1 aromatic carbocycles. The molecule has 4 aromatic rings. The number of rotatable bonds is 6. The standard InChI is InChI=1S/C21H20ClN5O3/c1-3-15(28)10-19-25-20(26-30-19)13-5-4-12(2)16(8-13)24-21(29)17-11-23-18-9-14(22)6-7-27(17)18/h4-9,11,15,28H,3,10H2,1-2H3,(H,24,29). The number of nitrogens with one attached hydrogen (secondary N) is 1. The topological polar surface area (TPSA) is 106 Å². The Labute approximate surface area is 177 Å². The van der Waals surface area contributed by atoms with Crippen molar-refractivity contribution in [2.75, 3.05) is 5.32 Å². The van der Waals surface area contributed by atoms with Gasteiger partial charge in [-0.25, -0.2) is 4.98 Å². The second-order valence-electron chi connectivity index (χ2n) is 6.98. The van der Waals surface area contributed by atoms with Gasteiger partial charge in [-0.15, -0.1) is 0 Å². The molecule has 0 saturated heterocycles. The van der Waals surface area contributed by atoms with Gasteiger partial charge in [0.25, 0.3) is 5.91 Å². The van der Waals surface area contributed by atoms with Crippen molar-refractivity contribution in [1.29, 1.82) is 0 Å². The van der Waals surface area contributed by atoms with Crippen LogP contribution in [0.15, 0.2) is 47.2 Å². The van der Waals surface area contributed by atoms with E-state index in [0.717, 1.165) is 5.56 Å². The molecule has 154 valence electrons. The van der Waals surface area contributed by atoms with Crippen LogP contribution in [-0.4, -0.2) is 36.6 Å². The number of aryl methyl sites for hydroxylation is 1. The maximum atomic E-state index is 12.9. The fraction of sp³-hybridized carbons (Fsp3) is 0.238. The van der Waals surface area contributed by atoms with Gasteiger partial charge in [-0.2, -0.15) is 4.98 Å². The van der Waals surface area contributed by atoms with Gasteiger partial charge in [0.2, 0.25) is 11.7 Å². The molecule has 1 unspecified atom stereocenters.